The van der Waals surface area contributed by atoms with Crippen LogP contribution in [-0.4, -0.2) is 25.0 Å². The van der Waals surface area contributed by atoms with Crippen molar-refractivity contribution in [1.29, 1.82) is 0 Å². The number of halogens is 2. The molecule has 0 bridgehead atoms. The Labute approximate surface area is 189 Å². The van der Waals surface area contributed by atoms with Crippen LogP contribution < -0.4 is 24.8 Å². The van der Waals surface area contributed by atoms with Crippen molar-refractivity contribution in [3.8, 4) is 0 Å². The third-order valence-electron chi connectivity index (χ3n) is 4.74. The number of rotatable bonds is 4. The molecular weight excluding hydrogens is 447 g/mol. The van der Waals surface area contributed by atoms with Crippen molar-refractivity contribution in [3.63, 3.8) is 0 Å². The summed E-state index contributed by atoms with van der Waals surface area (Å²) in [6.45, 7) is 5.26. The minimum absolute atomic E-state index is 0. The summed E-state index contributed by atoms with van der Waals surface area (Å²) in [5.41, 5.74) is 1.88. The van der Waals surface area contributed by atoms with Crippen LogP contribution in [0.3, 0.4) is 0 Å². The molecule has 2 aliphatic heterocycles. The van der Waals surface area contributed by atoms with Crippen molar-refractivity contribution in [1.82, 2.24) is 0 Å². The van der Waals surface area contributed by atoms with E-state index in [0.717, 1.165) is 0 Å². The Hall–Kier alpha value is -1.52. The van der Waals surface area contributed by atoms with E-state index in [0.29, 0.717) is 25.0 Å². The Kier molecular flexibility index (Phi) is 9.03. The van der Waals surface area contributed by atoms with Crippen molar-refractivity contribution in [2.45, 2.75) is 25.9 Å². The predicted octanol–water partition coefficient (Wildman–Crippen LogP) is -1.64. The van der Waals surface area contributed by atoms with E-state index in [1.165, 1.54) is 11.1 Å². The molecule has 0 N–H and O–H groups in total. The molecule has 2 aliphatic rings. The van der Waals surface area contributed by atoms with E-state index in [-0.39, 0.29) is 54.0 Å². The number of nitrogens with zero attached hydrogens (tertiary/aromatic N) is 2. The molecule has 2 atom stereocenters. The molecule has 0 spiro atoms. The van der Waals surface area contributed by atoms with Gasteiger partial charge in [0.2, 0.25) is 0 Å². The fraction of sp³-hybridized carbons (Fsp3) is 0.333. The maximum atomic E-state index is 5.93. The van der Waals surface area contributed by atoms with Crippen LogP contribution in [0.5, 0.6) is 0 Å². The molecule has 153 valence electrons. The molecule has 28 heavy (non-hydrogen) atoms. The predicted molar refractivity (Wildman–Crippen MR) is 98.9 cm³/mol. The molecule has 0 saturated carbocycles. The number of aliphatic imine (C=N–C) groups is 2. The first-order valence-electron chi connectivity index (χ1n) is 8.66. The molecule has 2 heterocycles. The average molecular weight is 469 g/mol. The van der Waals surface area contributed by atoms with Crippen molar-refractivity contribution >= 4 is 11.8 Å². The summed E-state index contributed by atoms with van der Waals surface area (Å²) in [4.78, 5) is 9.61. The van der Waals surface area contributed by atoms with E-state index in [1.54, 1.807) is 0 Å². The van der Waals surface area contributed by atoms with Crippen molar-refractivity contribution < 1.29 is 51.4 Å². The summed E-state index contributed by atoms with van der Waals surface area (Å²) < 4.78 is 11.9. The SMILES string of the molecule is CC(C)(C1=N[C@H](c2ccccc2)CO1)C1=N[C@H](c2ccccc2)CO1.[Cl-].[Cl-].[Cu+2]. The Morgan fingerprint density at radius 3 is 1.43 bits per heavy atom. The van der Waals surface area contributed by atoms with Gasteiger partial charge in [-0.05, 0) is 25.0 Å². The molecule has 2 aromatic rings. The van der Waals surface area contributed by atoms with Gasteiger partial charge in [-0.2, -0.15) is 0 Å². The fourth-order valence-corrected chi connectivity index (χ4v) is 3.21. The van der Waals surface area contributed by atoms with Crippen LogP contribution in [0.25, 0.3) is 0 Å². The molecule has 2 aromatic carbocycles. The summed E-state index contributed by atoms with van der Waals surface area (Å²) in [6, 6.07) is 20.6. The summed E-state index contributed by atoms with van der Waals surface area (Å²) in [6.07, 6.45) is 0. The van der Waals surface area contributed by atoms with E-state index in [4.69, 9.17) is 19.5 Å². The molecule has 0 fully saturated rings. The normalized spacial score (nSPS) is 20.4. The van der Waals surface area contributed by atoms with Gasteiger partial charge in [-0.1, -0.05) is 60.7 Å². The van der Waals surface area contributed by atoms with Gasteiger partial charge in [0.05, 0.1) is 0 Å². The second-order valence-corrected chi connectivity index (χ2v) is 6.97. The molecule has 7 heteroatoms. The Morgan fingerprint density at radius 2 is 1.07 bits per heavy atom. The summed E-state index contributed by atoms with van der Waals surface area (Å²) >= 11 is 0. The van der Waals surface area contributed by atoms with Crippen LogP contribution in [0.15, 0.2) is 70.6 Å². The zero-order valence-corrected chi connectivity index (χ0v) is 18.1. The number of ether oxygens (including phenoxy) is 2. The van der Waals surface area contributed by atoms with E-state index in [1.807, 2.05) is 36.4 Å². The van der Waals surface area contributed by atoms with Crippen molar-refractivity contribution in [2.24, 2.45) is 15.4 Å². The van der Waals surface area contributed by atoms with Crippen molar-refractivity contribution in [3.05, 3.63) is 71.8 Å². The molecule has 0 amide bonds. The Bertz CT molecular complexity index is 746. The van der Waals surface area contributed by atoms with Gasteiger partial charge in [0, 0.05) is 0 Å². The standard InChI is InChI=1S/C21H22N2O2.2ClH.Cu/c1-21(2,19-22-17(13-24-19)15-9-5-3-6-10-15)20-23-18(14-25-20)16-11-7-4-8-12-16;;;/h3-12,17-18H,13-14H2,1-2H3;2*1H;/q;;;+2/p-2/t17-,18-;;;/m0.../s1. The number of hydrogen-bond donors (Lipinski definition) is 0. The summed E-state index contributed by atoms with van der Waals surface area (Å²) in [7, 11) is 0. The first kappa shape index (κ1) is 24.5. The first-order chi connectivity index (χ1) is 12.1. The van der Waals surface area contributed by atoms with Crippen molar-refractivity contribution in [2.75, 3.05) is 13.2 Å². The van der Waals surface area contributed by atoms with Gasteiger partial charge in [-0.15, -0.1) is 0 Å². The van der Waals surface area contributed by atoms with E-state index >= 15 is 0 Å². The smallest absolute Gasteiger partial charge is 1.00 e. The zero-order valence-electron chi connectivity index (χ0n) is 15.6. The minimum atomic E-state index is -0.465. The first-order valence-corrected chi connectivity index (χ1v) is 8.66. The van der Waals surface area contributed by atoms with E-state index in [2.05, 4.69) is 38.1 Å². The largest absolute Gasteiger partial charge is 2.00 e. The van der Waals surface area contributed by atoms with E-state index in [9.17, 15) is 0 Å². The Balaban J connectivity index is 0.00000131. The van der Waals surface area contributed by atoms with Gasteiger partial charge in [-0.3, -0.25) is 0 Å². The van der Waals surface area contributed by atoms with Gasteiger partial charge in [0.15, 0.2) is 11.8 Å². The quantitative estimate of drug-likeness (QED) is 0.505. The average Bonchev–Trinajstić information content (AvgIpc) is 3.34. The van der Waals surface area contributed by atoms with Gasteiger partial charge in [0.25, 0.3) is 0 Å². The second-order valence-electron chi connectivity index (χ2n) is 6.97. The fourth-order valence-electron chi connectivity index (χ4n) is 3.21. The molecule has 4 rings (SSSR count). The van der Waals surface area contributed by atoms with E-state index < -0.39 is 5.41 Å². The minimum Gasteiger partial charge on any atom is -1.00 e. The zero-order chi connectivity index (χ0) is 17.3. The van der Waals surface area contributed by atoms with Gasteiger partial charge in [-0.25, -0.2) is 9.98 Å². The molecular formula is C21H22Cl2CuN2O2. The Morgan fingerprint density at radius 1 is 0.714 bits per heavy atom. The van der Waals surface area contributed by atoms with Crippen LogP contribution in [0.2, 0.25) is 0 Å². The molecule has 4 nitrogen and oxygen atoms in total. The van der Waals surface area contributed by atoms with Crippen LogP contribution in [0.4, 0.5) is 0 Å². The van der Waals surface area contributed by atoms with Gasteiger partial charge >= 0.3 is 17.1 Å². The molecule has 0 aromatic heterocycles. The van der Waals surface area contributed by atoms with Crippen LogP contribution in [-0.2, 0) is 26.5 Å². The number of benzene rings is 2. The molecule has 0 unspecified atom stereocenters. The molecule has 1 radical (unpaired) electrons. The van der Waals surface area contributed by atoms with Crippen LogP contribution in [0.1, 0.15) is 37.1 Å². The summed E-state index contributed by atoms with van der Waals surface area (Å²) in [5, 5.41) is 0. The molecule has 0 aliphatic carbocycles. The topological polar surface area (TPSA) is 43.2 Å². The van der Waals surface area contributed by atoms with Crippen LogP contribution >= 0.6 is 0 Å². The third kappa shape index (κ3) is 4.90. The maximum Gasteiger partial charge on any atom is 2.00 e. The summed E-state index contributed by atoms with van der Waals surface area (Å²) in [5.74, 6) is 1.41. The molecule has 0 saturated heterocycles. The third-order valence-corrected chi connectivity index (χ3v) is 4.74. The second kappa shape index (κ2) is 10.3. The monoisotopic (exact) mass is 467 g/mol. The van der Waals surface area contributed by atoms with Gasteiger partial charge < -0.3 is 34.3 Å². The van der Waals surface area contributed by atoms with Crippen LogP contribution in [0, 0.1) is 5.41 Å². The van der Waals surface area contributed by atoms with Gasteiger partial charge in [0.1, 0.15) is 30.7 Å². The number of hydrogen-bond acceptors (Lipinski definition) is 4. The maximum absolute atomic E-state index is 5.93.